The molecule has 0 unspecified atom stereocenters. The zero-order chi connectivity index (χ0) is 19.1. The number of aromatic amines is 1. The number of methoxy groups -OCH3 is 1. The van der Waals surface area contributed by atoms with Crippen molar-refractivity contribution >= 4 is 16.6 Å². The molecule has 1 fully saturated rings. The van der Waals surface area contributed by atoms with Crippen LogP contribution in [0.3, 0.4) is 0 Å². The summed E-state index contributed by atoms with van der Waals surface area (Å²) in [5.74, 6) is 0. The maximum absolute atomic E-state index is 12.5. The summed E-state index contributed by atoms with van der Waals surface area (Å²) >= 11 is 0. The molecule has 3 aromatic rings. The standard InChI is InChI=1S/C22H24N4O2/c1-28-13-12-25-8-10-26(11-9-25)19-6-2-4-15-17(19)14-18-20-16(5-3-7-23-20)22(27)24-21(15)18/h2-7H,8-14H2,1H3,(H,24,27). The Morgan fingerprint density at radius 2 is 1.96 bits per heavy atom. The van der Waals surface area contributed by atoms with Crippen molar-refractivity contribution in [2.24, 2.45) is 0 Å². The highest BCUT2D eigenvalue weighted by molar-refractivity contribution is 5.91. The lowest BCUT2D eigenvalue weighted by Crippen LogP contribution is -2.47. The highest BCUT2D eigenvalue weighted by atomic mass is 16.5. The van der Waals surface area contributed by atoms with Crippen molar-refractivity contribution in [1.29, 1.82) is 0 Å². The zero-order valence-corrected chi connectivity index (χ0v) is 16.1. The van der Waals surface area contributed by atoms with Crippen LogP contribution in [0.2, 0.25) is 0 Å². The van der Waals surface area contributed by atoms with E-state index in [1.54, 1.807) is 13.3 Å². The Bertz CT molecular complexity index is 1080. The zero-order valence-electron chi connectivity index (χ0n) is 16.1. The molecule has 5 rings (SSSR count). The molecule has 0 amide bonds. The molecule has 1 N–H and O–H groups in total. The fraction of sp³-hybridized carbons (Fsp3) is 0.364. The summed E-state index contributed by atoms with van der Waals surface area (Å²) in [7, 11) is 1.75. The minimum absolute atomic E-state index is 0.0631. The van der Waals surface area contributed by atoms with Crippen molar-refractivity contribution < 1.29 is 4.74 Å². The second kappa shape index (κ2) is 7.04. The van der Waals surface area contributed by atoms with Crippen LogP contribution in [0, 0.1) is 0 Å². The second-order valence-corrected chi connectivity index (χ2v) is 7.51. The number of hydrogen-bond donors (Lipinski definition) is 1. The van der Waals surface area contributed by atoms with Crippen LogP contribution in [-0.2, 0) is 11.2 Å². The average Bonchev–Trinajstić information content (AvgIpc) is 3.12. The third-order valence-corrected chi connectivity index (χ3v) is 5.98. The van der Waals surface area contributed by atoms with Gasteiger partial charge in [0.15, 0.2) is 0 Å². The van der Waals surface area contributed by atoms with E-state index in [2.05, 4.69) is 38.0 Å². The molecule has 6 heteroatoms. The number of benzene rings is 1. The van der Waals surface area contributed by atoms with Gasteiger partial charge in [-0.3, -0.25) is 14.7 Å². The Balaban J connectivity index is 1.49. The lowest BCUT2D eigenvalue weighted by atomic mass is 10.1. The number of piperazine rings is 1. The summed E-state index contributed by atoms with van der Waals surface area (Å²) in [4.78, 5) is 25.1. The number of hydrogen-bond acceptors (Lipinski definition) is 5. The average molecular weight is 376 g/mol. The maximum atomic E-state index is 12.5. The number of nitrogens with zero attached hydrogens (tertiary/aromatic N) is 3. The van der Waals surface area contributed by atoms with Crippen molar-refractivity contribution in [3.8, 4) is 11.3 Å². The largest absolute Gasteiger partial charge is 0.383 e. The van der Waals surface area contributed by atoms with Crippen LogP contribution < -0.4 is 10.5 Å². The van der Waals surface area contributed by atoms with Crippen molar-refractivity contribution in [2.45, 2.75) is 6.42 Å². The number of aromatic nitrogens is 2. The summed E-state index contributed by atoms with van der Waals surface area (Å²) in [6.45, 7) is 5.87. The van der Waals surface area contributed by atoms with Gasteiger partial charge in [-0.25, -0.2) is 0 Å². The van der Waals surface area contributed by atoms with Crippen molar-refractivity contribution in [2.75, 3.05) is 51.3 Å². The monoisotopic (exact) mass is 376 g/mol. The molecule has 144 valence electrons. The Labute approximate surface area is 163 Å². The molecule has 6 nitrogen and oxygen atoms in total. The van der Waals surface area contributed by atoms with Gasteiger partial charge in [0.1, 0.15) is 0 Å². The molecule has 1 aliphatic heterocycles. The van der Waals surface area contributed by atoms with Crippen LogP contribution in [0.15, 0.2) is 41.3 Å². The molecule has 3 heterocycles. The highest BCUT2D eigenvalue weighted by Gasteiger charge is 2.28. The first-order valence-electron chi connectivity index (χ1n) is 9.84. The number of pyridine rings is 2. The number of fused-ring (bicyclic) bond motifs is 5. The van der Waals surface area contributed by atoms with Gasteiger partial charge < -0.3 is 14.6 Å². The maximum Gasteiger partial charge on any atom is 0.257 e. The summed E-state index contributed by atoms with van der Waals surface area (Å²) in [6, 6.07) is 10.1. The van der Waals surface area contributed by atoms with Gasteiger partial charge in [0.2, 0.25) is 0 Å². The van der Waals surface area contributed by atoms with E-state index in [-0.39, 0.29) is 5.56 Å². The summed E-state index contributed by atoms with van der Waals surface area (Å²) in [5, 5.41) is 0.669. The fourth-order valence-electron chi connectivity index (χ4n) is 4.51. The minimum Gasteiger partial charge on any atom is -0.383 e. The predicted molar refractivity (Wildman–Crippen MR) is 111 cm³/mol. The van der Waals surface area contributed by atoms with Crippen molar-refractivity contribution in [1.82, 2.24) is 14.9 Å². The first-order valence-corrected chi connectivity index (χ1v) is 9.84. The van der Waals surface area contributed by atoms with Crippen LogP contribution in [-0.4, -0.2) is 61.3 Å². The van der Waals surface area contributed by atoms with Gasteiger partial charge >= 0.3 is 0 Å². The lowest BCUT2D eigenvalue weighted by molar-refractivity contribution is 0.144. The topological polar surface area (TPSA) is 61.5 Å². The minimum atomic E-state index is -0.0631. The molecular weight excluding hydrogens is 352 g/mol. The normalized spacial score (nSPS) is 16.4. The van der Waals surface area contributed by atoms with Crippen LogP contribution in [0.1, 0.15) is 11.1 Å². The number of ether oxygens (including phenoxy) is 1. The predicted octanol–water partition coefficient (Wildman–Crippen LogP) is 2.26. The Kier molecular flexibility index (Phi) is 4.37. The number of rotatable bonds is 4. The molecule has 2 aromatic heterocycles. The molecule has 0 spiro atoms. The summed E-state index contributed by atoms with van der Waals surface area (Å²) in [5.41, 5.74) is 6.56. The van der Waals surface area contributed by atoms with Gasteiger partial charge in [-0.1, -0.05) is 12.1 Å². The highest BCUT2D eigenvalue weighted by Crippen LogP contribution is 2.41. The quantitative estimate of drug-likeness (QED) is 0.592. The van der Waals surface area contributed by atoms with Crippen molar-refractivity contribution in [3.63, 3.8) is 0 Å². The van der Waals surface area contributed by atoms with Crippen LogP contribution in [0.5, 0.6) is 0 Å². The van der Waals surface area contributed by atoms with Gasteiger partial charge in [0.05, 0.1) is 23.2 Å². The van der Waals surface area contributed by atoms with E-state index in [0.717, 1.165) is 68.1 Å². The SMILES string of the molecule is COCCN1CCN(c2cccc3c2Cc2c-3[nH]c(=O)c3cccnc23)CC1. The molecule has 0 radical (unpaired) electrons. The molecule has 0 atom stereocenters. The van der Waals surface area contributed by atoms with Crippen LogP contribution >= 0.6 is 0 Å². The third kappa shape index (κ3) is 2.80. The molecule has 0 bridgehead atoms. The van der Waals surface area contributed by atoms with E-state index in [9.17, 15) is 4.79 Å². The summed E-state index contributed by atoms with van der Waals surface area (Å²) in [6.07, 6.45) is 2.58. The number of nitrogens with one attached hydrogen (secondary N) is 1. The third-order valence-electron chi connectivity index (χ3n) is 5.98. The molecular formula is C22H24N4O2. The molecule has 0 saturated carbocycles. The van der Waals surface area contributed by atoms with Gasteiger partial charge in [0, 0.05) is 69.3 Å². The fourth-order valence-corrected chi connectivity index (χ4v) is 4.51. The molecule has 28 heavy (non-hydrogen) atoms. The van der Waals surface area contributed by atoms with Crippen LogP contribution in [0.25, 0.3) is 22.2 Å². The van der Waals surface area contributed by atoms with Gasteiger partial charge in [0.25, 0.3) is 5.56 Å². The molecule has 1 saturated heterocycles. The van der Waals surface area contributed by atoms with E-state index in [1.165, 1.54) is 11.3 Å². The van der Waals surface area contributed by atoms with Gasteiger partial charge in [-0.05, 0) is 23.8 Å². The van der Waals surface area contributed by atoms with Gasteiger partial charge in [-0.15, -0.1) is 0 Å². The number of anilines is 1. The second-order valence-electron chi connectivity index (χ2n) is 7.51. The Morgan fingerprint density at radius 3 is 2.79 bits per heavy atom. The lowest BCUT2D eigenvalue weighted by Gasteiger charge is -2.37. The molecule has 1 aromatic carbocycles. The van der Waals surface area contributed by atoms with E-state index < -0.39 is 0 Å². The van der Waals surface area contributed by atoms with E-state index in [0.29, 0.717) is 5.39 Å². The summed E-state index contributed by atoms with van der Waals surface area (Å²) < 4.78 is 5.21. The van der Waals surface area contributed by atoms with Gasteiger partial charge in [-0.2, -0.15) is 0 Å². The van der Waals surface area contributed by atoms with Crippen molar-refractivity contribution in [3.05, 3.63) is 58.0 Å². The van der Waals surface area contributed by atoms with Crippen LogP contribution in [0.4, 0.5) is 5.69 Å². The molecule has 2 aliphatic rings. The first kappa shape index (κ1) is 17.4. The molecule has 1 aliphatic carbocycles. The number of H-pyrrole nitrogens is 1. The Hall–Kier alpha value is -2.70. The van der Waals surface area contributed by atoms with E-state index in [4.69, 9.17) is 4.74 Å². The first-order chi connectivity index (χ1) is 13.8. The van der Waals surface area contributed by atoms with E-state index in [1.807, 2.05) is 12.1 Å². The van der Waals surface area contributed by atoms with E-state index >= 15 is 0 Å². The smallest absolute Gasteiger partial charge is 0.257 e. The Morgan fingerprint density at radius 1 is 1.11 bits per heavy atom.